The molecule has 2 heterocycles. The highest BCUT2D eigenvalue weighted by molar-refractivity contribution is 9.10. The van der Waals surface area contributed by atoms with E-state index in [0.29, 0.717) is 5.41 Å². The maximum Gasteiger partial charge on any atom is 0.225 e. The summed E-state index contributed by atoms with van der Waals surface area (Å²) in [7, 11) is 0. The number of hydrogen-bond donors (Lipinski definition) is 0. The van der Waals surface area contributed by atoms with Gasteiger partial charge in [-0.25, -0.2) is 9.97 Å². The first-order valence-electron chi connectivity index (χ1n) is 5.71. The predicted octanol–water partition coefficient (Wildman–Crippen LogP) is 3.24. The molecule has 1 saturated heterocycles. The Morgan fingerprint density at radius 2 is 2.06 bits per heavy atom. The minimum absolute atomic E-state index is 0.398. The zero-order valence-corrected chi connectivity index (χ0v) is 11.5. The van der Waals surface area contributed by atoms with Crippen molar-refractivity contribution in [2.75, 3.05) is 18.0 Å². The molecular weight excluding hydrogens is 278 g/mol. The quantitative estimate of drug-likeness (QED) is 0.808. The Hall–Kier alpha value is -1.16. The summed E-state index contributed by atoms with van der Waals surface area (Å²) in [4.78, 5) is 11.3. The van der Waals surface area contributed by atoms with Crippen molar-refractivity contribution in [3.05, 3.63) is 28.9 Å². The van der Waals surface area contributed by atoms with Crippen molar-refractivity contribution in [1.29, 1.82) is 0 Å². The van der Waals surface area contributed by atoms with Crippen molar-refractivity contribution < 1.29 is 0 Å². The fraction of sp³-hybridized carbons (Fsp3) is 0.385. The van der Waals surface area contributed by atoms with Gasteiger partial charge in [0.2, 0.25) is 5.95 Å². The highest BCUT2D eigenvalue weighted by Crippen LogP contribution is 2.32. The number of nitrogens with zero attached hydrogens (tertiary/aromatic N) is 3. The van der Waals surface area contributed by atoms with Crippen LogP contribution >= 0.6 is 15.9 Å². The Bertz CT molecular complexity index is 572. The van der Waals surface area contributed by atoms with E-state index in [-0.39, 0.29) is 0 Å². The summed E-state index contributed by atoms with van der Waals surface area (Å²) in [5.74, 6) is 0.843. The Balaban J connectivity index is 1.98. The van der Waals surface area contributed by atoms with Gasteiger partial charge in [0.25, 0.3) is 0 Å². The minimum atomic E-state index is 0.398. The molecule has 3 nitrogen and oxygen atoms in total. The number of hydrogen-bond acceptors (Lipinski definition) is 3. The molecule has 3 rings (SSSR count). The van der Waals surface area contributed by atoms with Gasteiger partial charge in [-0.15, -0.1) is 0 Å². The minimum Gasteiger partial charge on any atom is -0.340 e. The lowest BCUT2D eigenvalue weighted by molar-refractivity contribution is 0.272. The van der Waals surface area contributed by atoms with Crippen LogP contribution in [0.4, 0.5) is 5.95 Å². The lowest BCUT2D eigenvalue weighted by Gasteiger charge is -2.45. The van der Waals surface area contributed by atoms with Gasteiger partial charge in [-0.3, -0.25) is 0 Å². The summed E-state index contributed by atoms with van der Waals surface area (Å²) < 4.78 is 1.05. The van der Waals surface area contributed by atoms with E-state index >= 15 is 0 Å². The maximum atomic E-state index is 4.61. The van der Waals surface area contributed by atoms with Gasteiger partial charge in [0, 0.05) is 29.1 Å². The highest BCUT2D eigenvalue weighted by atomic mass is 79.9. The van der Waals surface area contributed by atoms with Gasteiger partial charge >= 0.3 is 0 Å². The number of halogens is 1. The van der Waals surface area contributed by atoms with E-state index in [9.17, 15) is 0 Å². The van der Waals surface area contributed by atoms with Gasteiger partial charge in [0.15, 0.2) is 0 Å². The van der Waals surface area contributed by atoms with Crippen LogP contribution in [0.5, 0.6) is 0 Å². The SMILES string of the molecule is CC1(C)CN(c2ncc3c(Br)cccc3n2)C1. The predicted molar refractivity (Wildman–Crippen MR) is 73.2 cm³/mol. The maximum absolute atomic E-state index is 4.61. The summed E-state index contributed by atoms with van der Waals surface area (Å²) in [6.45, 7) is 6.60. The van der Waals surface area contributed by atoms with Gasteiger partial charge in [-0.1, -0.05) is 35.8 Å². The molecular formula is C13H14BrN3. The molecule has 0 spiro atoms. The van der Waals surface area contributed by atoms with Crippen molar-refractivity contribution in [2.24, 2.45) is 5.41 Å². The molecule has 0 N–H and O–H groups in total. The summed E-state index contributed by atoms with van der Waals surface area (Å²) in [5, 5.41) is 1.07. The van der Waals surface area contributed by atoms with Crippen LogP contribution in [0, 0.1) is 5.41 Å². The van der Waals surface area contributed by atoms with Crippen LogP contribution in [0.2, 0.25) is 0 Å². The zero-order chi connectivity index (χ0) is 12.0. The largest absolute Gasteiger partial charge is 0.340 e. The summed E-state index contributed by atoms with van der Waals surface area (Å²) in [5.41, 5.74) is 1.39. The molecule has 4 heteroatoms. The molecule has 0 atom stereocenters. The second-order valence-electron chi connectivity index (χ2n) is 5.36. The van der Waals surface area contributed by atoms with E-state index in [4.69, 9.17) is 0 Å². The first-order chi connectivity index (χ1) is 8.05. The Morgan fingerprint density at radius 3 is 2.76 bits per heavy atom. The fourth-order valence-electron chi connectivity index (χ4n) is 2.29. The molecule has 0 amide bonds. The fourth-order valence-corrected chi connectivity index (χ4v) is 2.75. The topological polar surface area (TPSA) is 29.0 Å². The third kappa shape index (κ3) is 1.90. The molecule has 0 aliphatic carbocycles. The molecule has 0 bridgehead atoms. The molecule has 1 aliphatic heterocycles. The van der Waals surface area contributed by atoms with Crippen LogP contribution < -0.4 is 4.90 Å². The monoisotopic (exact) mass is 291 g/mol. The van der Waals surface area contributed by atoms with E-state index in [1.165, 1.54) is 0 Å². The van der Waals surface area contributed by atoms with Crippen LogP contribution in [0.3, 0.4) is 0 Å². The molecule has 0 unspecified atom stereocenters. The normalized spacial score (nSPS) is 18.2. The van der Waals surface area contributed by atoms with Crippen LogP contribution in [-0.4, -0.2) is 23.1 Å². The van der Waals surface area contributed by atoms with E-state index in [1.54, 1.807) is 0 Å². The zero-order valence-electron chi connectivity index (χ0n) is 9.94. The Morgan fingerprint density at radius 1 is 1.29 bits per heavy atom. The van der Waals surface area contributed by atoms with Crippen molar-refractivity contribution in [2.45, 2.75) is 13.8 Å². The molecule has 0 radical (unpaired) electrons. The third-order valence-electron chi connectivity index (χ3n) is 3.08. The van der Waals surface area contributed by atoms with Crippen LogP contribution in [0.1, 0.15) is 13.8 Å². The van der Waals surface area contributed by atoms with Crippen LogP contribution in [0.15, 0.2) is 28.9 Å². The number of fused-ring (bicyclic) bond motifs is 1. The number of anilines is 1. The molecule has 88 valence electrons. The van der Waals surface area contributed by atoms with Crippen LogP contribution in [0.25, 0.3) is 10.9 Å². The van der Waals surface area contributed by atoms with Gasteiger partial charge in [0.05, 0.1) is 5.52 Å². The van der Waals surface area contributed by atoms with Crippen molar-refractivity contribution in [3.8, 4) is 0 Å². The van der Waals surface area contributed by atoms with Gasteiger partial charge in [0.1, 0.15) is 0 Å². The Labute approximate surface area is 109 Å². The molecule has 1 aromatic carbocycles. The summed E-state index contributed by atoms with van der Waals surface area (Å²) >= 11 is 3.51. The number of benzene rings is 1. The number of aromatic nitrogens is 2. The second kappa shape index (κ2) is 3.67. The number of rotatable bonds is 1. The van der Waals surface area contributed by atoms with E-state index in [2.05, 4.69) is 44.6 Å². The van der Waals surface area contributed by atoms with Crippen molar-refractivity contribution in [1.82, 2.24) is 9.97 Å². The summed E-state index contributed by atoms with van der Waals surface area (Å²) in [6, 6.07) is 6.04. The lowest BCUT2D eigenvalue weighted by Crippen LogP contribution is -2.53. The average molecular weight is 292 g/mol. The first-order valence-corrected chi connectivity index (χ1v) is 6.51. The standard InChI is InChI=1S/C13H14BrN3/c1-13(2)7-17(8-13)12-15-6-9-10(14)4-3-5-11(9)16-12/h3-6H,7-8H2,1-2H3. The van der Waals surface area contributed by atoms with Gasteiger partial charge < -0.3 is 4.90 Å². The third-order valence-corrected chi connectivity index (χ3v) is 3.77. The molecule has 2 aromatic rings. The second-order valence-corrected chi connectivity index (χ2v) is 6.22. The molecule has 1 fully saturated rings. The molecule has 17 heavy (non-hydrogen) atoms. The van der Waals surface area contributed by atoms with E-state index in [1.807, 2.05) is 24.4 Å². The van der Waals surface area contributed by atoms with Gasteiger partial charge in [-0.05, 0) is 17.5 Å². The van der Waals surface area contributed by atoms with Crippen molar-refractivity contribution >= 4 is 32.8 Å². The summed E-state index contributed by atoms with van der Waals surface area (Å²) in [6.07, 6.45) is 1.90. The average Bonchev–Trinajstić information content (AvgIpc) is 2.25. The Kier molecular flexibility index (Phi) is 2.36. The van der Waals surface area contributed by atoms with Crippen LogP contribution in [-0.2, 0) is 0 Å². The molecule has 1 aliphatic rings. The van der Waals surface area contributed by atoms with E-state index in [0.717, 1.165) is 34.4 Å². The van der Waals surface area contributed by atoms with Gasteiger partial charge in [-0.2, -0.15) is 0 Å². The molecule has 1 aromatic heterocycles. The first kappa shape index (κ1) is 11.0. The van der Waals surface area contributed by atoms with E-state index < -0.39 is 0 Å². The lowest BCUT2D eigenvalue weighted by atomic mass is 9.85. The smallest absolute Gasteiger partial charge is 0.225 e. The van der Waals surface area contributed by atoms with Crippen molar-refractivity contribution in [3.63, 3.8) is 0 Å². The molecule has 0 saturated carbocycles. The highest BCUT2D eigenvalue weighted by Gasteiger charge is 2.35.